The topological polar surface area (TPSA) is 214 Å². The lowest BCUT2D eigenvalue weighted by molar-refractivity contribution is 0.0692. The van der Waals surface area contributed by atoms with Gasteiger partial charge in [0.15, 0.2) is 69.2 Å². The highest BCUT2D eigenvalue weighted by molar-refractivity contribution is 5.98. The number of aromatic nitrogens is 3. The van der Waals surface area contributed by atoms with Gasteiger partial charge in [-0.2, -0.15) is 0 Å². The van der Waals surface area contributed by atoms with Crippen LogP contribution in [0.15, 0.2) is 245 Å². The summed E-state index contributed by atoms with van der Waals surface area (Å²) in [4.78, 5) is 82.0. The Kier molecular flexibility index (Phi) is 19.8. The van der Waals surface area contributed by atoms with E-state index >= 15 is 0 Å². The van der Waals surface area contributed by atoms with Crippen molar-refractivity contribution in [3.05, 3.63) is 353 Å². The minimum atomic E-state index is -1.02. The van der Waals surface area contributed by atoms with Gasteiger partial charge in [0, 0.05) is 73.1 Å². The largest absolute Gasteiger partial charge is 0.502 e. The number of carbonyl (C=O) groups is 3. The molecule has 106 heavy (non-hydrogen) atoms. The Hall–Kier alpha value is -13.2. The highest BCUT2D eigenvalue weighted by Gasteiger charge is 2.42. The van der Waals surface area contributed by atoms with Crippen LogP contribution in [0.5, 0.6) is 34.5 Å². The van der Waals surface area contributed by atoms with Gasteiger partial charge in [0.1, 0.15) is 81.8 Å². The molecule has 0 radical (unpaired) electrons. The number of nitrogens with zero attached hydrogens (tertiary/aromatic N) is 9. The van der Waals surface area contributed by atoms with E-state index in [-0.39, 0.29) is 94.8 Å². The molecule has 0 aliphatic carbocycles. The van der Waals surface area contributed by atoms with Gasteiger partial charge in [-0.05, 0) is 95.1 Å². The fourth-order valence-corrected chi connectivity index (χ4v) is 13.4. The molecule has 538 valence electrons. The first-order chi connectivity index (χ1) is 51.4. The highest BCUT2D eigenvalue weighted by atomic mass is 19.2. The standard InChI is InChI=1S/C31H25F2N3O4.2C24H19F2N3O4/c32-24-13-12-22(18-25(24)33)28-23-10-4-5-11-27(23)39-17-7-6-15-34-20-36(28)35-16-14-26(37)30(29(35)31(34)38)40-19-21-8-2-1-3-9-21;2*25-17-8-7-15(13-18(17)26)21-16-5-1-2-6-20(16)33-12-4-3-10-27-14-29(21)28-11-9-19(30)23(31)22(28)24(27)32/h1-14,16,18,28H,15,17,19-20H2;2*1-9,11,13,21,31H,10,12,14H2/b7-6-;2*4-3-/t;2*21-/m.10/s1. The van der Waals surface area contributed by atoms with Gasteiger partial charge in [0.05, 0.1) is 0 Å². The maximum atomic E-state index is 14.6. The average molecular weight is 1440 g/mol. The first-order valence-corrected chi connectivity index (χ1v) is 33.4. The Morgan fingerprint density at radius 3 is 1.07 bits per heavy atom. The molecule has 3 aromatic heterocycles. The van der Waals surface area contributed by atoms with Crippen molar-refractivity contribution in [2.45, 2.75) is 24.7 Å². The molecule has 3 atom stereocenters. The molecule has 27 heteroatoms. The van der Waals surface area contributed by atoms with E-state index in [9.17, 15) is 65.3 Å². The van der Waals surface area contributed by atoms with Crippen LogP contribution in [-0.4, -0.2) is 116 Å². The van der Waals surface area contributed by atoms with E-state index in [0.717, 1.165) is 54.1 Å². The van der Waals surface area contributed by atoms with Crippen molar-refractivity contribution in [1.29, 1.82) is 0 Å². The van der Waals surface area contributed by atoms with E-state index in [2.05, 4.69) is 0 Å². The van der Waals surface area contributed by atoms with Gasteiger partial charge >= 0.3 is 0 Å². The number of hydrogen-bond donors (Lipinski definition) is 2. The van der Waals surface area contributed by atoms with Gasteiger partial charge in [0.25, 0.3) is 17.7 Å². The van der Waals surface area contributed by atoms with Gasteiger partial charge in [0.2, 0.25) is 16.3 Å². The second kappa shape index (κ2) is 30.0. The molecular formula is C79H63F6N9O12. The number of pyridine rings is 3. The van der Waals surface area contributed by atoms with Crippen LogP contribution in [0.2, 0.25) is 0 Å². The monoisotopic (exact) mass is 1440 g/mol. The van der Waals surface area contributed by atoms with Gasteiger partial charge in [-0.3, -0.25) is 57.8 Å². The fourth-order valence-electron chi connectivity index (χ4n) is 13.4. The third kappa shape index (κ3) is 13.7. The molecule has 0 spiro atoms. The second-order valence-electron chi connectivity index (χ2n) is 24.9. The van der Waals surface area contributed by atoms with Crippen LogP contribution in [0.4, 0.5) is 26.3 Å². The Morgan fingerprint density at radius 1 is 0.368 bits per heavy atom. The number of halogens is 6. The zero-order valence-corrected chi connectivity index (χ0v) is 56.0. The molecule has 10 aromatic rings. The van der Waals surface area contributed by atoms with E-state index in [1.807, 2.05) is 71.8 Å². The molecule has 0 saturated heterocycles. The maximum absolute atomic E-state index is 14.6. The Labute approximate surface area is 600 Å². The molecule has 7 aromatic carbocycles. The summed E-state index contributed by atoms with van der Waals surface area (Å²) in [5.41, 5.74) is 1.84. The predicted molar refractivity (Wildman–Crippen MR) is 376 cm³/mol. The van der Waals surface area contributed by atoms with Crippen molar-refractivity contribution in [2.24, 2.45) is 0 Å². The van der Waals surface area contributed by atoms with Gasteiger partial charge in [-0.1, -0.05) is 121 Å². The van der Waals surface area contributed by atoms with E-state index < -0.39 is 92.6 Å². The number of ether oxygens (including phenoxy) is 4. The minimum Gasteiger partial charge on any atom is -0.502 e. The lowest BCUT2D eigenvalue weighted by Gasteiger charge is -2.44. The molecule has 2 N–H and O–H groups in total. The first kappa shape index (κ1) is 69.9. The smallest absolute Gasteiger partial charge is 0.278 e. The molecule has 3 amide bonds. The third-order valence-corrected chi connectivity index (χ3v) is 18.4. The molecule has 1 unspecified atom stereocenters. The van der Waals surface area contributed by atoms with Gasteiger partial charge in [-0.25, -0.2) is 26.3 Å². The lowest BCUT2D eigenvalue weighted by Crippen LogP contribution is -2.55. The maximum Gasteiger partial charge on any atom is 0.278 e. The zero-order valence-electron chi connectivity index (χ0n) is 56.0. The van der Waals surface area contributed by atoms with Gasteiger partial charge in [-0.15, -0.1) is 0 Å². The number of hydrogen-bond acceptors (Lipinski definition) is 15. The minimum absolute atomic E-state index is 0.0494. The van der Waals surface area contributed by atoms with E-state index in [4.69, 9.17) is 18.9 Å². The molecule has 6 aliphatic rings. The van der Waals surface area contributed by atoms with E-state index in [1.165, 1.54) is 62.0 Å². The summed E-state index contributed by atoms with van der Waals surface area (Å²) < 4.78 is 113. The first-order valence-electron chi connectivity index (χ1n) is 33.4. The van der Waals surface area contributed by atoms with Crippen molar-refractivity contribution >= 4 is 17.7 Å². The van der Waals surface area contributed by atoms with Crippen molar-refractivity contribution < 1.29 is 69.9 Å². The van der Waals surface area contributed by atoms with Crippen LogP contribution >= 0.6 is 0 Å². The number of rotatable bonds is 6. The average Bonchev–Trinajstić information content (AvgIpc) is 1.50. The number of para-hydroxylation sites is 3. The van der Waals surface area contributed by atoms with Crippen molar-refractivity contribution in [3.8, 4) is 34.5 Å². The van der Waals surface area contributed by atoms with Crippen LogP contribution in [-0.2, 0) is 6.61 Å². The fraction of sp³-hybridized carbons (Fsp3) is 0.165. The summed E-state index contributed by atoms with van der Waals surface area (Å²) in [5, 5.41) is 26.2. The van der Waals surface area contributed by atoms with E-state index in [0.29, 0.717) is 50.6 Å². The SMILES string of the molecule is O=C1c2c(O)c(=O)ccn2N2CN1C/C=C\COc1ccccc1[C@@H]2c1ccc(F)c(F)c1.O=C1c2c(O)c(=O)ccn2N2CN1C/C=C\COc1ccccc1[C@H]2c1ccc(F)c(F)c1.O=C1c2c(OCc3ccccc3)c(=O)ccn2N2CN1C/C=C\COc1ccccc1C2c1ccc(F)c(F)c1. The number of amides is 3. The summed E-state index contributed by atoms with van der Waals surface area (Å²) >= 11 is 0. The lowest BCUT2D eigenvalue weighted by atomic mass is 9.96. The van der Waals surface area contributed by atoms with Crippen molar-refractivity contribution in [2.75, 3.05) is 74.5 Å². The molecule has 16 rings (SSSR count). The number of fused-ring (bicyclic) bond motifs is 15. The van der Waals surface area contributed by atoms with Crippen LogP contribution in [0, 0.1) is 34.9 Å². The van der Waals surface area contributed by atoms with Crippen LogP contribution in [0.3, 0.4) is 0 Å². The van der Waals surface area contributed by atoms with Crippen molar-refractivity contribution in [1.82, 2.24) is 28.7 Å². The molecule has 6 bridgehead atoms. The zero-order chi connectivity index (χ0) is 73.9. The second-order valence-corrected chi connectivity index (χ2v) is 24.9. The predicted octanol–water partition coefficient (Wildman–Crippen LogP) is 10.6. The van der Waals surface area contributed by atoms with Crippen LogP contribution < -0.4 is 50.3 Å². The summed E-state index contributed by atoms with van der Waals surface area (Å²) in [5.74, 6) is -7.25. The van der Waals surface area contributed by atoms with Crippen LogP contribution in [0.25, 0.3) is 0 Å². The molecule has 0 fully saturated rings. The molecule has 9 heterocycles. The number of aromatic hydroxyl groups is 2. The molecule has 6 aliphatic heterocycles. The van der Waals surface area contributed by atoms with Gasteiger partial charge < -0.3 is 43.9 Å². The Morgan fingerprint density at radius 2 is 0.698 bits per heavy atom. The Balaban J connectivity index is 0.000000135. The summed E-state index contributed by atoms with van der Waals surface area (Å²) in [6.45, 7) is 1.63. The molecule has 21 nitrogen and oxygen atoms in total. The van der Waals surface area contributed by atoms with Crippen LogP contribution in [0.1, 0.15) is 88.5 Å². The van der Waals surface area contributed by atoms with Crippen molar-refractivity contribution in [3.63, 3.8) is 0 Å². The summed E-state index contributed by atoms with van der Waals surface area (Å²) in [6, 6.07) is 43.3. The quantitative estimate of drug-likeness (QED) is 0.117. The summed E-state index contributed by atoms with van der Waals surface area (Å²) in [6.07, 6.45) is 14.9. The number of carbonyl (C=O) groups excluding carboxylic acids is 3. The highest BCUT2D eigenvalue weighted by Crippen LogP contribution is 2.42. The molecule has 0 saturated carbocycles. The normalized spacial score (nSPS) is 18.1. The van der Waals surface area contributed by atoms with E-state index in [1.54, 1.807) is 92.4 Å². The third-order valence-electron chi connectivity index (χ3n) is 18.4. The summed E-state index contributed by atoms with van der Waals surface area (Å²) in [7, 11) is 0. The molecular weight excluding hydrogens is 1380 g/mol. The number of benzene rings is 7. The Bertz CT molecular complexity index is 5160.